The van der Waals surface area contributed by atoms with Gasteiger partial charge in [0, 0.05) is 18.3 Å². The first-order chi connectivity index (χ1) is 9.91. The van der Waals surface area contributed by atoms with Gasteiger partial charge in [0.1, 0.15) is 5.75 Å². The molecule has 0 aromatic heterocycles. The summed E-state index contributed by atoms with van der Waals surface area (Å²) in [7, 11) is 0. The van der Waals surface area contributed by atoms with E-state index in [4.69, 9.17) is 5.11 Å². The van der Waals surface area contributed by atoms with Gasteiger partial charge in [0.15, 0.2) is 0 Å². The van der Waals surface area contributed by atoms with Gasteiger partial charge in [-0.05, 0) is 36.6 Å². The molecule has 21 heavy (non-hydrogen) atoms. The van der Waals surface area contributed by atoms with Gasteiger partial charge in [-0.3, -0.25) is 4.79 Å². The lowest BCUT2D eigenvalue weighted by Crippen LogP contribution is -2.27. The number of carboxylic acids is 1. The quantitative estimate of drug-likeness (QED) is 0.772. The molecule has 0 amide bonds. The van der Waals surface area contributed by atoms with Gasteiger partial charge in [0.05, 0.1) is 5.76 Å². The van der Waals surface area contributed by atoms with Crippen molar-refractivity contribution in [3.8, 4) is 5.75 Å². The van der Waals surface area contributed by atoms with Crippen molar-refractivity contribution >= 4 is 5.97 Å². The Bertz CT molecular complexity index is 583. The van der Waals surface area contributed by atoms with Crippen LogP contribution in [0.5, 0.6) is 5.75 Å². The highest BCUT2D eigenvalue weighted by atomic mass is 16.4. The van der Waals surface area contributed by atoms with E-state index in [2.05, 4.69) is 0 Å². The molecule has 0 heterocycles. The molecule has 1 aromatic carbocycles. The van der Waals surface area contributed by atoms with Crippen LogP contribution in [0.3, 0.4) is 0 Å². The van der Waals surface area contributed by atoms with Crippen molar-refractivity contribution in [2.75, 3.05) is 0 Å². The number of aliphatic carboxylic acids is 1. The summed E-state index contributed by atoms with van der Waals surface area (Å²) >= 11 is 0. The summed E-state index contributed by atoms with van der Waals surface area (Å²) in [6, 6.07) is 6.89. The molecule has 112 valence electrons. The van der Waals surface area contributed by atoms with Crippen LogP contribution >= 0.6 is 0 Å². The Balaban J connectivity index is 2.38. The SMILES string of the molecule is CC(CCC(=O)O)(C1=CC=C(O)CC1)c1ccc(O)cc1. The average Bonchev–Trinajstić information content (AvgIpc) is 2.46. The molecule has 0 saturated carbocycles. The molecule has 0 fully saturated rings. The highest BCUT2D eigenvalue weighted by Crippen LogP contribution is 2.41. The Morgan fingerprint density at radius 3 is 2.33 bits per heavy atom. The minimum atomic E-state index is -0.824. The second-order valence-corrected chi connectivity index (χ2v) is 5.62. The van der Waals surface area contributed by atoms with Gasteiger partial charge >= 0.3 is 5.97 Å². The van der Waals surface area contributed by atoms with E-state index < -0.39 is 11.4 Å². The molecule has 3 N–H and O–H groups in total. The Morgan fingerprint density at radius 1 is 1.14 bits per heavy atom. The van der Waals surface area contributed by atoms with Crippen molar-refractivity contribution in [3.63, 3.8) is 0 Å². The van der Waals surface area contributed by atoms with Crippen LogP contribution in [-0.4, -0.2) is 21.3 Å². The first kappa shape index (κ1) is 15.2. The zero-order chi connectivity index (χ0) is 15.5. The topological polar surface area (TPSA) is 77.8 Å². The van der Waals surface area contributed by atoms with Crippen LogP contribution < -0.4 is 0 Å². The minimum absolute atomic E-state index is 0.0738. The number of aromatic hydroxyl groups is 1. The Hall–Kier alpha value is -2.23. The molecule has 1 aliphatic carbocycles. The summed E-state index contributed by atoms with van der Waals surface area (Å²) in [6.45, 7) is 2.02. The van der Waals surface area contributed by atoms with E-state index in [1.165, 1.54) is 0 Å². The van der Waals surface area contributed by atoms with Crippen LogP contribution in [0, 0.1) is 0 Å². The number of carboxylic acid groups (broad SMARTS) is 1. The molecule has 2 rings (SSSR count). The number of hydrogen-bond acceptors (Lipinski definition) is 3. The summed E-state index contributed by atoms with van der Waals surface area (Å²) in [4.78, 5) is 11.0. The fraction of sp³-hybridized carbons (Fsp3) is 0.353. The van der Waals surface area contributed by atoms with E-state index in [1.807, 2.05) is 25.1 Å². The molecule has 1 aromatic rings. The number of benzene rings is 1. The van der Waals surface area contributed by atoms with Crippen molar-refractivity contribution in [1.82, 2.24) is 0 Å². The minimum Gasteiger partial charge on any atom is -0.512 e. The molecule has 0 saturated heterocycles. The summed E-state index contributed by atoms with van der Waals surface area (Å²) < 4.78 is 0. The van der Waals surface area contributed by atoms with Crippen molar-refractivity contribution in [1.29, 1.82) is 0 Å². The van der Waals surface area contributed by atoms with Crippen molar-refractivity contribution < 1.29 is 20.1 Å². The van der Waals surface area contributed by atoms with Crippen LogP contribution in [0.1, 0.15) is 38.2 Å². The first-order valence-electron chi connectivity index (χ1n) is 7.02. The fourth-order valence-corrected chi connectivity index (χ4v) is 2.76. The van der Waals surface area contributed by atoms with E-state index >= 15 is 0 Å². The number of aliphatic hydroxyl groups is 1. The summed E-state index contributed by atoms with van der Waals surface area (Å²) in [5, 5.41) is 27.9. The third kappa shape index (κ3) is 3.45. The van der Waals surface area contributed by atoms with Crippen LogP contribution in [-0.2, 0) is 10.2 Å². The lowest BCUT2D eigenvalue weighted by atomic mass is 9.70. The predicted molar refractivity (Wildman–Crippen MR) is 80.4 cm³/mol. The Kier molecular flexibility index (Phi) is 4.36. The normalized spacial score (nSPS) is 17.6. The second-order valence-electron chi connectivity index (χ2n) is 5.62. The van der Waals surface area contributed by atoms with Gasteiger partial charge in [0.2, 0.25) is 0 Å². The highest BCUT2D eigenvalue weighted by Gasteiger charge is 2.32. The largest absolute Gasteiger partial charge is 0.512 e. The molecule has 0 bridgehead atoms. The van der Waals surface area contributed by atoms with Gasteiger partial charge in [0.25, 0.3) is 0 Å². The molecule has 4 heteroatoms. The monoisotopic (exact) mass is 288 g/mol. The summed E-state index contributed by atoms with van der Waals surface area (Å²) in [5.74, 6) is -0.283. The van der Waals surface area contributed by atoms with Gasteiger partial charge in [-0.1, -0.05) is 30.7 Å². The number of allylic oxidation sites excluding steroid dienone is 4. The van der Waals surface area contributed by atoms with Crippen molar-refractivity contribution in [2.24, 2.45) is 0 Å². The van der Waals surface area contributed by atoms with Gasteiger partial charge in [-0.15, -0.1) is 0 Å². The maximum absolute atomic E-state index is 11.0. The maximum atomic E-state index is 11.0. The molecular weight excluding hydrogens is 268 g/mol. The summed E-state index contributed by atoms with van der Waals surface area (Å²) in [5.41, 5.74) is 1.67. The van der Waals surface area contributed by atoms with Crippen LogP contribution in [0.4, 0.5) is 0 Å². The average molecular weight is 288 g/mol. The van der Waals surface area contributed by atoms with E-state index in [9.17, 15) is 15.0 Å². The Labute approximate surface area is 124 Å². The zero-order valence-electron chi connectivity index (χ0n) is 12.0. The number of hydrogen-bond donors (Lipinski definition) is 3. The fourth-order valence-electron chi connectivity index (χ4n) is 2.76. The van der Waals surface area contributed by atoms with Crippen molar-refractivity contribution in [3.05, 3.63) is 53.3 Å². The number of rotatable bonds is 5. The standard InChI is InChI=1S/C17H20O4/c1-17(11-10-16(20)21,12-2-6-14(18)7-3-12)13-4-8-15(19)9-5-13/h2-4,6-8,18-19H,5,9-11H2,1H3,(H,20,21). The molecule has 0 aliphatic heterocycles. The molecule has 0 radical (unpaired) electrons. The molecule has 4 nitrogen and oxygen atoms in total. The third-order valence-corrected chi connectivity index (χ3v) is 4.18. The third-order valence-electron chi connectivity index (χ3n) is 4.18. The van der Waals surface area contributed by atoms with Gasteiger partial charge in [-0.2, -0.15) is 0 Å². The van der Waals surface area contributed by atoms with Gasteiger partial charge in [-0.25, -0.2) is 0 Å². The molecule has 1 unspecified atom stereocenters. The van der Waals surface area contributed by atoms with E-state index in [0.29, 0.717) is 25.0 Å². The highest BCUT2D eigenvalue weighted by molar-refractivity contribution is 5.67. The van der Waals surface area contributed by atoms with Crippen LogP contribution in [0.2, 0.25) is 0 Å². The predicted octanol–water partition coefficient (Wildman–Crippen LogP) is 3.68. The van der Waals surface area contributed by atoms with E-state index in [-0.39, 0.29) is 12.2 Å². The summed E-state index contributed by atoms with van der Waals surface area (Å²) in [6.07, 6.45) is 5.40. The number of carbonyl (C=O) groups is 1. The lowest BCUT2D eigenvalue weighted by molar-refractivity contribution is -0.137. The Morgan fingerprint density at radius 2 is 1.81 bits per heavy atom. The second kappa shape index (κ2) is 6.04. The number of phenols is 1. The molecule has 0 spiro atoms. The van der Waals surface area contributed by atoms with Crippen LogP contribution in [0.15, 0.2) is 47.7 Å². The maximum Gasteiger partial charge on any atom is 0.303 e. The lowest BCUT2D eigenvalue weighted by Gasteiger charge is -2.34. The molecule has 1 aliphatic rings. The van der Waals surface area contributed by atoms with E-state index in [1.54, 1.807) is 18.2 Å². The number of phenolic OH excluding ortho intramolecular Hbond substituents is 1. The molecule has 1 atom stereocenters. The molecular formula is C17H20O4. The van der Waals surface area contributed by atoms with Gasteiger partial charge < -0.3 is 15.3 Å². The smallest absolute Gasteiger partial charge is 0.303 e. The van der Waals surface area contributed by atoms with Crippen LogP contribution in [0.25, 0.3) is 0 Å². The number of aliphatic hydroxyl groups excluding tert-OH is 1. The zero-order valence-corrected chi connectivity index (χ0v) is 12.0. The first-order valence-corrected chi connectivity index (χ1v) is 7.02. The van der Waals surface area contributed by atoms with E-state index in [0.717, 1.165) is 11.1 Å². The van der Waals surface area contributed by atoms with Crippen molar-refractivity contribution in [2.45, 2.75) is 38.0 Å².